The topological polar surface area (TPSA) is 76.2 Å². The predicted molar refractivity (Wildman–Crippen MR) is 89.6 cm³/mol. The van der Waals surface area contributed by atoms with Crippen molar-refractivity contribution in [3.05, 3.63) is 72.3 Å². The maximum atomic E-state index is 11.4. The first-order valence-corrected chi connectivity index (χ1v) is 7.38. The maximum Gasteiger partial charge on any atom is 0.336 e. The van der Waals surface area contributed by atoms with Crippen LogP contribution in [-0.2, 0) is 0 Å². The van der Waals surface area contributed by atoms with Crippen molar-refractivity contribution in [2.24, 2.45) is 0 Å². The Morgan fingerprint density at radius 2 is 1.58 bits per heavy atom. The van der Waals surface area contributed by atoms with Crippen LogP contribution in [0.15, 0.2) is 71.3 Å². The molecule has 4 aromatic rings. The molecule has 0 saturated heterocycles. The van der Waals surface area contributed by atoms with E-state index in [1.54, 1.807) is 18.2 Å². The number of carboxylic acids is 1. The van der Waals surface area contributed by atoms with Crippen molar-refractivity contribution in [2.75, 3.05) is 0 Å². The third kappa shape index (κ3) is 2.32. The Morgan fingerprint density at radius 3 is 2.46 bits per heavy atom. The monoisotopic (exact) mass is 316 g/mol. The van der Waals surface area contributed by atoms with Gasteiger partial charge in [0.05, 0.1) is 5.56 Å². The Kier molecular flexibility index (Phi) is 3.31. The highest BCUT2D eigenvalue weighted by Crippen LogP contribution is 2.29. The van der Waals surface area contributed by atoms with Gasteiger partial charge in [0, 0.05) is 11.1 Å². The fourth-order valence-electron chi connectivity index (χ4n) is 2.72. The van der Waals surface area contributed by atoms with Crippen molar-refractivity contribution in [3.8, 4) is 22.8 Å². The first-order valence-electron chi connectivity index (χ1n) is 7.38. The van der Waals surface area contributed by atoms with Gasteiger partial charge < -0.3 is 9.63 Å². The van der Waals surface area contributed by atoms with Crippen molar-refractivity contribution in [2.45, 2.75) is 0 Å². The fourth-order valence-corrected chi connectivity index (χ4v) is 2.72. The number of hydrogen-bond acceptors (Lipinski definition) is 4. The molecular formula is C19H12N2O3. The first kappa shape index (κ1) is 14.1. The largest absolute Gasteiger partial charge is 0.478 e. The molecule has 0 bridgehead atoms. The predicted octanol–water partition coefficient (Wildman–Crippen LogP) is 4.26. The molecule has 0 saturated carbocycles. The summed E-state index contributed by atoms with van der Waals surface area (Å²) in [5.41, 5.74) is 1.39. The Bertz CT molecular complexity index is 1050. The number of carboxylic acid groups (broad SMARTS) is 1. The third-order valence-electron chi connectivity index (χ3n) is 3.84. The standard InChI is InChI=1S/C19H12N2O3/c22-19(23)16-10-4-3-9-14(16)17-20-18(24-21-17)15-11-5-7-12-6-1-2-8-13(12)15/h1-11H,(H,22,23). The molecule has 0 aliphatic heterocycles. The number of fused-ring (bicyclic) bond motifs is 1. The minimum atomic E-state index is -1.03. The van der Waals surface area contributed by atoms with Crippen LogP contribution in [0.1, 0.15) is 10.4 Å². The third-order valence-corrected chi connectivity index (χ3v) is 3.84. The SMILES string of the molecule is O=C(O)c1ccccc1-c1noc(-c2cccc3ccccc23)n1. The number of aromatic carboxylic acids is 1. The van der Waals surface area contributed by atoms with Gasteiger partial charge in [0.1, 0.15) is 0 Å². The number of aromatic nitrogens is 2. The molecule has 1 heterocycles. The Labute approximate surface area is 137 Å². The van der Waals surface area contributed by atoms with Gasteiger partial charge in [0.25, 0.3) is 5.89 Å². The zero-order valence-electron chi connectivity index (χ0n) is 12.5. The van der Waals surface area contributed by atoms with E-state index in [9.17, 15) is 9.90 Å². The number of benzene rings is 3. The second kappa shape index (κ2) is 5.62. The van der Waals surface area contributed by atoms with Crippen LogP contribution >= 0.6 is 0 Å². The molecule has 0 aliphatic rings. The molecule has 3 aromatic carbocycles. The van der Waals surface area contributed by atoms with Crippen LogP contribution in [0.3, 0.4) is 0 Å². The van der Waals surface area contributed by atoms with E-state index >= 15 is 0 Å². The Morgan fingerprint density at radius 1 is 0.875 bits per heavy atom. The van der Waals surface area contributed by atoms with Gasteiger partial charge in [0.15, 0.2) is 0 Å². The van der Waals surface area contributed by atoms with Gasteiger partial charge in [-0.05, 0) is 22.9 Å². The molecule has 0 fully saturated rings. The van der Waals surface area contributed by atoms with Crippen molar-refractivity contribution < 1.29 is 14.4 Å². The van der Waals surface area contributed by atoms with E-state index in [1.807, 2.05) is 42.5 Å². The van der Waals surface area contributed by atoms with E-state index in [2.05, 4.69) is 10.1 Å². The van der Waals surface area contributed by atoms with Crippen molar-refractivity contribution >= 4 is 16.7 Å². The zero-order chi connectivity index (χ0) is 16.5. The van der Waals surface area contributed by atoms with Gasteiger partial charge in [-0.2, -0.15) is 4.98 Å². The summed E-state index contributed by atoms with van der Waals surface area (Å²) in [6.07, 6.45) is 0. The molecule has 1 N–H and O–H groups in total. The lowest BCUT2D eigenvalue weighted by Crippen LogP contribution is -1.99. The summed E-state index contributed by atoms with van der Waals surface area (Å²) in [7, 11) is 0. The lowest BCUT2D eigenvalue weighted by molar-refractivity contribution is 0.0697. The van der Waals surface area contributed by atoms with Crippen LogP contribution in [0, 0.1) is 0 Å². The second-order valence-corrected chi connectivity index (χ2v) is 5.30. The summed E-state index contributed by atoms with van der Waals surface area (Å²) in [4.78, 5) is 15.8. The molecule has 5 heteroatoms. The molecule has 0 atom stereocenters. The lowest BCUT2D eigenvalue weighted by Gasteiger charge is -2.01. The van der Waals surface area contributed by atoms with E-state index in [4.69, 9.17) is 4.52 Å². The normalized spacial score (nSPS) is 10.8. The average molecular weight is 316 g/mol. The van der Waals surface area contributed by atoms with Crippen LogP contribution in [0.2, 0.25) is 0 Å². The molecule has 116 valence electrons. The number of hydrogen-bond donors (Lipinski definition) is 1. The van der Waals surface area contributed by atoms with Crippen molar-refractivity contribution in [3.63, 3.8) is 0 Å². The molecule has 0 unspecified atom stereocenters. The fraction of sp³-hybridized carbons (Fsp3) is 0. The summed E-state index contributed by atoms with van der Waals surface area (Å²) in [5, 5.41) is 15.3. The molecule has 5 nitrogen and oxygen atoms in total. The molecule has 0 radical (unpaired) electrons. The van der Waals surface area contributed by atoms with Gasteiger partial charge >= 0.3 is 5.97 Å². The number of nitrogens with zero attached hydrogens (tertiary/aromatic N) is 2. The van der Waals surface area contributed by atoms with Gasteiger partial charge in [-0.15, -0.1) is 0 Å². The van der Waals surface area contributed by atoms with Gasteiger partial charge in [-0.3, -0.25) is 0 Å². The molecule has 0 aliphatic carbocycles. The molecule has 0 spiro atoms. The molecule has 4 rings (SSSR count). The average Bonchev–Trinajstić information content (AvgIpc) is 3.11. The molecular weight excluding hydrogens is 304 g/mol. The van der Waals surface area contributed by atoms with Gasteiger partial charge in [0.2, 0.25) is 5.82 Å². The molecule has 1 aromatic heterocycles. The van der Waals surface area contributed by atoms with Crippen LogP contribution in [0.4, 0.5) is 0 Å². The minimum absolute atomic E-state index is 0.141. The summed E-state index contributed by atoms with van der Waals surface area (Å²) >= 11 is 0. The highest BCUT2D eigenvalue weighted by Gasteiger charge is 2.17. The van der Waals surface area contributed by atoms with Crippen LogP contribution < -0.4 is 0 Å². The second-order valence-electron chi connectivity index (χ2n) is 5.30. The maximum absolute atomic E-state index is 11.4. The summed E-state index contributed by atoms with van der Waals surface area (Å²) in [5.74, 6) is -0.403. The summed E-state index contributed by atoms with van der Waals surface area (Å²) in [6, 6.07) is 20.3. The zero-order valence-corrected chi connectivity index (χ0v) is 12.5. The van der Waals surface area contributed by atoms with Gasteiger partial charge in [-0.1, -0.05) is 59.8 Å². The van der Waals surface area contributed by atoms with Crippen LogP contribution in [-0.4, -0.2) is 21.2 Å². The van der Waals surface area contributed by atoms with Crippen LogP contribution in [0.25, 0.3) is 33.6 Å². The number of rotatable bonds is 3. The highest BCUT2D eigenvalue weighted by molar-refractivity contribution is 5.96. The smallest absolute Gasteiger partial charge is 0.336 e. The van der Waals surface area contributed by atoms with Crippen molar-refractivity contribution in [1.29, 1.82) is 0 Å². The summed E-state index contributed by atoms with van der Waals surface area (Å²) < 4.78 is 5.39. The van der Waals surface area contributed by atoms with E-state index in [-0.39, 0.29) is 11.4 Å². The van der Waals surface area contributed by atoms with E-state index in [0.29, 0.717) is 11.5 Å². The van der Waals surface area contributed by atoms with E-state index in [0.717, 1.165) is 16.3 Å². The lowest BCUT2D eigenvalue weighted by atomic mass is 10.0. The number of carbonyl (C=O) groups is 1. The quantitative estimate of drug-likeness (QED) is 0.611. The van der Waals surface area contributed by atoms with Crippen LogP contribution in [0.5, 0.6) is 0 Å². The van der Waals surface area contributed by atoms with Gasteiger partial charge in [-0.25, -0.2) is 4.79 Å². The molecule has 24 heavy (non-hydrogen) atoms. The first-order chi connectivity index (χ1) is 11.7. The van der Waals surface area contributed by atoms with Crippen molar-refractivity contribution in [1.82, 2.24) is 10.1 Å². The Balaban J connectivity index is 1.85. The highest BCUT2D eigenvalue weighted by atomic mass is 16.5. The molecule has 0 amide bonds. The summed E-state index contributed by atoms with van der Waals surface area (Å²) in [6.45, 7) is 0. The Hall–Kier alpha value is -3.47. The minimum Gasteiger partial charge on any atom is -0.478 e. The van der Waals surface area contributed by atoms with E-state index in [1.165, 1.54) is 6.07 Å². The van der Waals surface area contributed by atoms with E-state index < -0.39 is 5.97 Å².